The van der Waals surface area contributed by atoms with E-state index in [0.29, 0.717) is 6.61 Å². The van der Waals surface area contributed by atoms with Gasteiger partial charge in [0.1, 0.15) is 5.82 Å². The fourth-order valence-electron chi connectivity index (χ4n) is 2.06. The number of hydrogen-bond donors (Lipinski definition) is 2. The van der Waals surface area contributed by atoms with Gasteiger partial charge in [-0.2, -0.15) is 0 Å². The molecule has 2 atom stereocenters. The Balaban J connectivity index is 2.35. The summed E-state index contributed by atoms with van der Waals surface area (Å²) in [7, 11) is 1.51. The molecule has 2 rings (SSSR count). The number of rotatable bonds is 4. The number of aliphatic hydroxyl groups is 1. The molecule has 0 aromatic carbocycles. The van der Waals surface area contributed by atoms with Crippen LogP contribution >= 0.6 is 11.6 Å². The minimum atomic E-state index is -1.23. The molecule has 2 heterocycles. The van der Waals surface area contributed by atoms with Gasteiger partial charge in [-0.3, -0.25) is 9.69 Å². The molecule has 2 unspecified atom stereocenters. The van der Waals surface area contributed by atoms with Crippen molar-refractivity contribution in [3.63, 3.8) is 0 Å². The summed E-state index contributed by atoms with van der Waals surface area (Å²) < 4.78 is 5.32. The second kappa shape index (κ2) is 5.84. The third-order valence-electron chi connectivity index (χ3n) is 3.10. The summed E-state index contributed by atoms with van der Waals surface area (Å²) in [5.41, 5.74) is 5.17. The van der Waals surface area contributed by atoms with Gasteiger partial charge < -0.3 is 15.6 Å². The first-order chi connectivity index (χ1) is 9.88. The van der Waals surface area contributed by atoms with Crippen LogP contribution in [-0.2, 0) is 4.74 Å². The highest BCUT2D eigenvalue weighted by molar-refractivity contribution is 6.34. The van der Waals surface area contributed by atoms with E-state index in [-0.39, 0.29) is 16.4 Å². The average molecular weight is 315 g/mol. The van der Waals surface area contributed by atoms with Gasteiger partial charge in [0.25, 0.3) is 5.91 Å². The van der Waals surface area contributed by atoms with Gasteiger partial charge in [0.15, 0.2) is 12.5 Å². The molecule has 0 spiro atoms. The molecule has 1 saturated heterocycles. The summed E-state index contributed by atoms with van der Waals surface area (Å²) in [5, 5.41) is 10.3. The zero-order valence-electron chi connectivity index (χ0n) is 11.5. The lowest BCUT2D eigenvalue weighted by Gasteiger charge is -2.21. The third kappa shape index (κ3) is 2.65. The first-order valence-corrected chi connectivity index (χ1v) is 6.57. The van der Waals surface area contributed by atoms with Gasteiger partial charge >= 0.3 is 6.03 Å². The van der Waals surface area contributed by atoms with E-state index in [2.05, 4.69) is 4.98 Å². The number of halogens is 1. The van der Waals surface area contributed by atoms with Crippen LogP contribution in [0.25, 0.3) is 0 Å². The van der Waals surface area contributed by atoms with Crippen molar-refractivity contribution in [3.8, 4) is 0 Å². The van der Waals surface area contributed by atoms with Gasteiger partial charge in [0, 0.05) is 25.9 Å². The Bertz CT molecular complexity index is 582. The molecule has 0 aliphatic carbocycles. The maximum absolute atomic E-state index is 12.2. The van der Waals surface area contributed by atoms with E-state index in [1.807, 2.05) is 0 Å². The van der Waals surface area contributed by atoms with E-state index >= 15 is 0 Å². The molecule has 0 bridgehead atoms. The van der Waals surface area contributed by atoms with E-state index in [4.69, 9.17) is 22.1 Å². The number of likely N-dealkylation sites (N-methyl/N-ethyl adjacent to an activating group) is 1. The van der Waals surface area contributed by atoms with E-state index < -0.39 is 24.4 Å². The summed E-state index contributed by atoms with van der Waals surface area (Å²) in [4.78, 5) is 29.5. The van der Waals surface area contributed by atoms with Gasteiger partial charge in [-0.25, -0.2) is 14.7 Å². The Hall–Kier alpha value is -1.90. The second-order valence-corrected chi connectivity index (χ2v) is 4.82. The number of aliphatic hydroxyl groups excluding tert-OH is 1. The molecule has 8 nitrogen and oxygen atoms in total. The summed E-state index contributed by atoms with van der Waals surface area (Å²) in [6.07, 6.45) is -0.877. The van der Waals surface area contributed by atoms with Crippen LogP contribution in [0.4, 0.5) is 10.6 Å². The number of nitrogens with zero attached hydrogens (tertiary/aromatic N) is 3. The van der Waals surface area contributed by atoms with Crippen LogP contribution in [0, 0.1) is 0 Å². The Kier molecular flexibility index (Phi) is 4.31. The highest BCUT2D eigenvalue weighted by Gasteiger charge is 2.45. The molecule has 1 aromatic rings. The molecule has 0 saturated carbocycles. The van der Waals surface area contributed by atoms with Crippen LogP contribution in [0.3, 0.4) is 0 Å². The highest BCUT2D eigenvalue weighted by atomic mass is 35.5. The van der Waals surface area contributed by atoms with E-state index in [1.54, 1.807) is 6.92 Å². The number of anilines is 1. The number of carbonyl (C=O) groups excluding carboxylic acids is 2. The molecular formula is C12H15ClN4O4. The predicted molar refractivity (Wildman–Crippen MR) is 74.8 cm³/mol. The van der Waals surface area contributed by atoms with Gasteiger partial charge in [0.2, 0.25) is 0 Å². The van der Waals surface area contributed by atoms with Crippen molar-refractivity contribution < 1.29 is 19.4 Å². The Morgan fingerprint density at radius 1 is 1.62 bits per heavy atom. The van der Waals surface area contributed by atoms with Crippen LogP contribution < -0.4 is 10.6 Å². The second-order valence-electron chi connectivity index (χ2n) is 4.41. The number of carbonyl (C=O) groups is 2. The van der Waals surface area contributed by atoms with E-state index in [1.165, 1.54) is 18.0 Å². The lowest BCUT2D eigenvalue weighted by molar-refractivity contribution is -0.0688. The molecule has 0 radical (unpaired) electrons. The molecule has 1 aromatic heterocycles. The quantitative estimate of drug-likeness (QED) is 0.835. The number of aromatic nitrogens is 1. The standard InChI is InChI=1S/C12H15ClN4O4/c1-3-21-11-10(19)17(12(20)16(11)2)8-4-7(13)6(5-15-8)9(14)18/h4-5,10-11,19H,3H2,1-2H3,(H2,14,18). The number of pyridine rings is 1. The fourth-order valence-corrected chi connectivity index (χ4v) is 2.29. The topological polar surface area (TPSA) is 109 Å². The maximum atomic E-state index is 12.2. The molecule has 114 valence electrons. The Labute approximate surface area is 126 Å². The number of hydrogen-bond acceptors (Lipinski definition) is 5. The lowest BCUT2D eigenvalue weighted by atomic mass is 10.2. The highest BCUT2D eigenvalue weighted by Crippen LogP contribution is 2.28. The lowest BCUT2D eigenvalue weighted by Crippen LogP contribution is -2.38. The smallest absolute Gasteiger partial charge is 0.329 e. The Morgan fingerprint density at radius 3 is 2.81 bits per heavy atom. The van der Waals surface area contributed by atoms with Crippen LogP contribution in [-0.4, -0.2) is 53.0 Å². The van der Waals surface area contributed by atoms with Crippen molar-refractivity contribution in [1.29, 1.82) is 0 Å². The minimum absolute atomic E-state index is 0.0382. The van der Waals surface area contributed by atoms with Crippen LogP contribution in [0.2, 0.25) is 5.02 Å². The van der Waals surface area contributed by atoms with Gasteiger partial charge in [0.05, 0.1) is 10.6 Å². The first kappa shape index (κ1) is 15.5. The van der Waals surface area contributed by atoms with Crippen molar-refractivity contribution in [3.05, 3.63) is 22.8 Å². The van der Waals surface area contributed by atoms with Gasteiger partial charge in [-0.1, -0.05) is 11.6 Å². The normalized spacial score (nSPS) is 22.0. The minimum Gasteiger partial charge on any atom is -0.369 e. The summed E-state index contributed by atoms with van der Waals surface area (Å²) in [6, 6.07) is 0.807. The molecule has 1 aliphatic rings. The molecular weight excluding hydrogens is 300 g/mol. The van der Waals surface area contributed by atoms with Gasteiger partial charge in [-0.15, -0.1) is 0 Å². The van der Waals surface area contributed by atoms with Crippen molar-refractivity contribution in [2.24, 2.45) is 5.73 Å². The summed E-state index contributed by atoms with van der Waals surface area (Å²) in [5.74, 6) is -0.617. The maximum Gasteiger partial charge on any atom is 0.329 e. The fraction of sp³-hybridized carbons (Fsp3) is 0.417. The van der Waals surface area contributed by atoms with Crippen molar-refractivity contribution >= 4 is 29.4 Å². The summed E-state index contributed by atoms with van der Waals surface area (Å²) >= 11 is 5.93. The zero-order valence-corrected chi connectivity index (χ0v) is 12.2. The van der Waals surface area contributed by atoms with Crippen LogP contribution in [0.1, 0.15) is 17.3 Å². The van der Waals surface area contributed by atoms with Crippen LogP contribution in [0.15, 0.2) is 12.3 Å². The van der Waals surface area contributed by atoms with Crippen molar-refractivity contribution in [1.82, 2.24) is 9.88 Å². The SMILES string of the molecule is CCOC1C(O)N(c2cc(Cl)c(C(N)=O)cn2)C(=O)N1C. The largest absolute Gasteiger partial charge is 0.369 e. The van der Waals surface area contributed by atoms with Crippen LogP contribution in [0.5, 0.6) is 0 Å². The first-order valence-electron chi connectivity index (χ1n) is 6.19. The third-order valence-corrected chi connectivity index (χ3v) is 3.41. The van der Waals surface area contributed by atoms with E-state index in [9.17, 15) is 14.7 Å². The number of nitrogens with two attached hydrogens (primary N) is 1. The summed E-state index contributed by atoms with van der Waals surface area (Å²) in [6.45, 7) is 2.09. The predicted octanol–water partition coefficient (Wildman–Crippen LogP) is 0.387. The average Bonchev–Trinajstić information content (AvgIpc) is 2.63. The number of amides is 3. The zero-order chi connectivity index (χ0) is 15.7. The van der Waals surface area contributed by atoms with Crippen molar-refractivity contribution in [2.45, 2.75) is 19.4 Å². The molecule has 3 N–H and O–H groups in total. The molecule has 9 heteroatoms. The Morgan fingerprint density at radius 2 is 2.29 bits per heavy atom. The van der Waals surface area contributed by atoms with E-state index in [0.717, 1.165) is 11.1 Å². The molecule has 1 aliphatic heterocycles. The molecule has 3 amide bonds. The molecule has 1 fully saturated rings. The van der Waals surface area contributed by atoms with Gasteiger partial charge in [-0.05, 0) is 6.92 Å². The number of urea groups is 1. The number of primary amides is 1. The monoisotopic (exact) mass is 314 g/mol. The number of ether oxygens (including phenoxy) is 1. The van der Waals surface area contributed by atoms with Crippen molar-refractivity contribution in [2.75, 3.05) is 18.6 Å². The molecule has 21 heavy (non-hydrogen) atoms.